The number of benzene rings is 1. The van der Waals surface area contributed by atoms with Crippen molar-refractivity contribution in [2.45, 2.75) is 32.2 Å². The van der Waals surface area contributed by atoms with E-state index in [1.165, 1.54) is 11.1 Å². The molecule has 0 aliphatic carbocycles. The molecular weight excluding hydrogens is 348 g/mol. The molecule has 1 aromatic heterocycles. The van der Waals surface area contributed by atoms with Gasteiger partial charge in [-0.2, -0.15) is 0 Å². The fourth-order valence-corrected chi connectivity index (χ4v) is 4.36. The molecule has 2 saturated heterocycles. The fraction of sp³-hybridized carbons (Fsp3) is 0.478. The van der Waals surface area contributed by atoms with Crippen LogP contribution in [-0.4, -0.2) is 60.5 Å². The second-order valence-corrected chi connectivity index (χ2v) is 8.04. The van der Waals surface area contributed by atoms with Crippen LogP contribution in [0.2, 0.25) is 0 Å². The second-order valence-electron chi connectivity index (χ2n) is 8.04. The van der Waals surface area contributed by atoms with Crippen molar-refractivity contribution in [1.82, 2.24) is 14.8 Å². The average Bonchev–Trinajstić information content (AvgIpc) is 2.74. The number of rotatable bonds is 3. The van der Waals surface area contributed by atoms with Gasteiger partial charge in [-0.25, -0.2) is 4.98 Å². The topological polar surface area (TPSA) is 39.7 Å². The molecule has 0 radical (unpaired) electrons. The van der Waals surface area contributed by atoms with E-state index in [9.17, 15) is 4.79 Å². The molecule has 1 aromatic carbocycles. The van der Waals surface area contributed by atoms with Crippen molar-refractivity contribution < 1.29 is 4.79 Å². The van der Waals surface area contributed by atoms with Gasteiger partial charge in [0.15, 0.2) is 0 Å². The van der Waals surface area contributed by atoms with Crippen LogP contribution in [-0.2, 0) is 0 Å². The molecular formula is C23H30N4O. The summed E-state index contributed by atoms with van der Waals surface area (Å²) in [5, 5.41) is 0. The van der Waals surface area contributed by atoms with Crippen molar-refractivity contribution in [2.24, 2.45) is 0 Å². The minimum absolute atomic E-state index is 0.0592. The summed E-state index contributed by atoms with van der Waals surface area (Å²) in [6, 6.07) is 14.5. The third-order valence-electron chi connectivity index (χ3n) is 6.09. The van der Waals surface area contributed by atoms with Crippen LogP contribution in [0.4, 0.5) is 5.82 Å². The van der Waals surface area contributed by atoms with Crippen LogP contribution in [0.1, 0.15) is 46.9 Å². The maximum absolute atomic E-state index is 13.4. The lowest BCUT2D eigenvalue weighted by Crippen LogP contribution is -2.45. The first-order chi connectivity index (χ1) is 13.6. The highest BCUT2D eigenvalue weighted by molar-refractivity contribution is 5.93. The lowest BCUT2D eigenvalue weighted by molar-refractivity contribution is 0.0605. The van der Waals surface area contributed by atoms with Crippen molar-refractivity contribution in [3.63, 3.8) is 0 Å². The molecule has 3 heterocycles. The van der Waals surface area contributed by atoms with Crippen molar-refractivity contribution in [1.29, 1.82) is 0 Å². The number of hydrogen-bond donors (Lipinski definition) is 0. The zero-order valence-corrected chi connectivity index (χ0v) is 17.0. The zero-order valence-electron chi connectivity index (χ0n) is 17.0. The number of nitrogens with zero attached hydrogens (tertiary/aromatic N) is 4. The van der Waals surface area contributed by atoms with Gasteiger partial charge in [0.05, 0.1) is 6.04 Å². The number of carbonyl (C=O) groups is 1. The van der Waals surface area contributed by atoms with E-state index in [-0.39, 0.29) is 11.9 Å². The van der Waals surface area contributed by atoms with E-state index < -0.39 is 0 Å². The van der Waals surface area contributed by atoms with Gasteiger partial charge in [0.2, 0.25) is 0 Å². The van der Waals surface area contributed by atoms with E-state index in [1.807, 2.05) is 23.1 Å². The monoisotopic (exact) mass is 378 g/mol. The van der Waals surface area contributed by atoms with Gasteiger partial charge in [0, 0.05) is 32.7 Å². The van der Waals surface area contributed by atoms with Crippen molar-refractivity contribution in [3.8, 4) is 0 Å². The molecule has 2 aliphatic heterocycles. The number of amides is 1. The number of carbonyl (C=O) groups excluding carboxylic acids is 1. The number of pyridine rings is 1. The van der Waals surface area contributed by atoms with Crippen molar-refractivity contribution >= 4 is 11.7 Å². The number of hydrogen-bond acceptors (Lipinski definition) is 4. The second kappa shape index (κ2) is 8.31. The number of likely N-dealkylation sites (tertiary alicyclic amines) is 1. The summed E-state index contributed by atoms with van der Waals surface area (Å²) in [4.78, 5) is 24.8. The predicted molar refractivity (Wildman–Crippen MR) is 113 cm³/mol. The number of anilines is 1. The number of aryl methyl sites for hydroxylation is 1. The molecule has 2 aliphatic rings. The molecule has 0 saturated carbocycles. The summed E-state index contributed by atoms with van der Waals surface area (Å²) in [5.74, 6) is 0.979. The van der Waals surface area contributed by atoms with E-state index in [0.29, 0.717) is 5.69 Å². The molecule has 0 unspecified atom stereocenters. The molecule has 0 spiro atoms. The summed E-state index contributed by atoms with van der Waals surface area (Å²) < 4.78 is 0. The Balaban J connectivity index is 1.57. The normalized spacial score (nSPS) is 21.0. The number of piperazine rings is 1. The number of likely N-dealkylation sites (N-methyl/N-ethyl adjacent to an activating group) is 1. The smallest absolute Gasteiger partial charge is 0.273 e. The van der Waals surface area contributed by atoms with E-state index in [1.54, 1.807) is 0 Å². The molecule has 4 rings (SSSR count). The van der Waals surface area contributed by atoms with E-state index in [2.05, 4.69) is 48.0 Å². The Hall–Kier alpha value is -2.40. The van der Waals surface area contributed by atoms with E-state index in [4.69, 9.17) is 4.98 Å². The summed E-state index contributed by atoms with van der Waals surface area (Å²) in [5.41, 5.74) is 3.09. The third kappa shape index (κ3) is 3.90. The first-order valence-electron chi connectivity index (χ1n) is 10.4. The molecule has 0 bridgehead atoms. The minimum atomic E-state index is 0.0592. The lowest BCUT2D eigenvalue weighted by atomic mass is 9.92. The van der Waals surface area contributed by atoms with Gasteiger partial charge in [-0.3, -0.25) is 4.79 Å². The highest BCUT2D eigenvalue weighted by Gasteiger charge is 2.30. The molecule has 2 fully saturated rings. The number of aromatic nitrogens is 1. The lowest BCUT2D eigenvalue weighted by Gasteiger charge is -2.37. The Morgan fingerprint density at radius 1 is 0.964 bits per heavy atom. The maximum Gasteiger partial charge on any atom is 0.273 e. The Bertz CT molecular complexity index is 829. The molecule has 28 heavy (non-hydrogen) atoms. The predicted octanol–water partition coefficient (Wildman–Crippen LogP) is 3.51. The molecule has 5 nitrogen and oxygen atoms in total. The van der Waals surface area contributed by atoms with Gasteiger partial charge in [-0.1, -0.05) is 30.3 Å². The molecule has 1 amide bonds. The first kappa shape index (κ1) is 18.9. The van der Waals surface area contributed by atoms with Crippen LogP contribution in [0.3, 0.4) is 0 Å². The van der Waals surface area contributed by atoms with Crippen LogP contribution >= 0.6 is 0 Å². The third-order valence-corrected chi connectivity index (χ3v) is 6.09. The quantitative estimate of drug-likeness (QED) is 0.819. The molecule has 1 atom stereocenters. The highest BCUT2D eigenvalue weighted by atomic mass is 16.2. The van der Waals surface area contributed by atoms with E-state index in [0.717, 1.165) is 57.8 Å². The zero-order chi connectivity index (χ0) is 19.5. The Kier molecular flexibility index (Phi) is 5.62. The highest BCUT2D eigenvalue weighted by Crippen LogP contribution is 2.33. The molecule has 148 valence electrons. The Labute approximate surface area is 168 Å². The van der Waals surface area contributed by atoms with Gasteiger partial charge in [-0.05, 0) is 56.5 Å². The van der Waals surface area contributed by atoms with Gasteiger partial charge >= 0.3 is 0 Å². The Morgan fingerprint density at radius 2 is 1.75 bits per heavy atom. The minimum Gasteiger partial charge on any atom is -0.354 e. The number of piperidine rings is 1. The Morgan fingerprint density at radius 3 is 2.54 bits per heavy atom. The SMILES string of the molecule is Cc1ccccc1[C@H]1CCCCN1C(=O)c1cccc(N2CCN(C)CC2)n1. The molecule has 5 heteroatoms. The van der Waals surface area contributed by atoms with Crippen LogP contribution in [0.25, 0.3) is 0 Å². The largest absolute Gasteiger partial charge is 0.354 e. The van der Waals surface area contributed by atoms with Gasteiger partial charge in [-0.15, -0.1) is 0 Å². The molecule has 2 aromatic rings. The van der Waals surface area contributed by atoms with Crippen LogP contribution in [0, 0.1) is 6.92 Å². The fourth-order valence-electron chi connectivity index (χ4n) is 4.36. The van der Waals surface area contributed by atoms with E-state index >= 15 is 0 Å². The van der Waals surface area contributed by atoms with Crippen LogP contribution in [0.15, 0.2) is 42.5 Å². The van der Waals surface area contributed by atoms with Crippen LogP contribution in [0.5, 0.6) is 0 Å². The summed E-state index contributed by atoms with van der Waals surface area (Å²) in [7, 11) is 2.15. The summed E-state index contributed by atoms with van der Waals surface area (Å²) in [6.45, 7) is 6.91. The summed E-state index contributed by atoms with van der Waals surface area (Å²) in [6.07, 6.45) is 3.25. The molecule has 0 N–H and O–H groups in total. The maximum atomic E-state index is 13.4. The van der Waals surface area contributed by atoms with Crippen molar-refractivity contribution in [3.05, 3.63) is 59.3 Å². The van der Waals surface area contributed by atoms with Gasteiger partial charge < -0.3 is 14.7 Å². The summed E-state index contributed by atoms with van der Waals surface area (Å²) >= 11 is 0. The van der Waals surface area contributed by atoms with Crippen LogP contribution < -0.4 is 4.90 Å². The van der Waals surface area contributed by atoms with Gasteiger partial charge in [0.1, 0.15) is 11.5 Å². The van der Waals surface area contributed by atoms with Crippen molar-refractivity contribution in [2.75, 3.05) is 44.7 Å². The first-order valence-corrected chi connectivity index (χ1v) is 10.4. The average molecular weight is 379 g/mol. The van der Waals surface area contributed by atoms with Gasteiger partial charge in [0.25, 0.3) is 5.91 Å². The standard InChI is InChI=1S/C23H30N4O/c1-18-8-3-4-9-19(18)21-11-5-6-13-27(21)23(28)20-10-7-12-22(24-20)26-16-14-25(2)15-17-26/h3-4,7-10,12,21H,5-6,11,13-17H2,1-2H3/t21-/m1/s1.